The fourth-order valence-electron chi connectivity index (χ4n) is 4.17. The van der Waals surface area contributed by atoms with Gasteiger partial charge in [-0.05, 0) is 60.1 Å². The van der Waals surface area contributed by atoms with Crippen LogP contribution in [0.25, 0.3) is 22.0 Å². The molecule has 0 unspecified atom stereocenters. The highest BCUT2D eigenvalue weighted by molar-refractivity contribution is 7.87. The Hall–Kier alpha value is -2.22. The Kier molecular flexibility index (Phi) is 6.22. The standard InChI is InChI=1S/C23H30N4O2S/c1-18(2)16-26-17-21(9-12-25-30(28,29)27-13-3-4-14-27)22-6-5-20(15-23(22)26)19-7-10-24-11-8-19/h5-8,10-11,15,17-18,25H,3-4,9,12-14,16H2,1-2H3. The summed E-state index contributed by atoms with van der Waals surface area (Å²) in [6.45, 7) is 7.01. The number of hydrogen-bond donors (Lipinski definition) is 1. The number of pyridine rings is 1. The summed E-state index contributed by atoms with van der Waals surface area (Å²) in [6, 6.07) is 10.6. The molecule has 7 heteroatoms. The minimum absolute atomic E-state index is 0.408. The molecule has 3 aromatic rings. The Balaban J connectivity index is 1.58. The molecule has 1 aliphatic rings. The van der Waals surface area contributed by atoms with Crippen LogP contribution in [0.2, 0.25) is 0 Å². The largest absolute Gasteiger partial charge is 0.347 e. The third-order valence-corrected chi connectivity index (χ3v) is 7.24. The smallest absolute Gasteiger partial charge is 0.279 e. The average molecular weight is 427 g/mol. The zero-order valence-electron chi connectivity index (χ0n) is 17.7. The minimum atomic E-state index is -3.37. The zero-order chi connectivity index (χ0) is 21.1. The van der Waals surface area contributed by atoms with Gasteiger partial charge in [0.05, 0.1) is 0 Å². The normalized spacial score (nSPS) is 15.4. The van der Waals surface area contributed by atoms with Gasteiger partial charge in [0.15, 0.2) is 0 Å². The third-order valence-electron chi connectivity index (χ3n) is 5.62. The van der Waals surface area contributed by atoms with E-state index in [4.69, 9.17) is 0 Å². The molecule has 0 spiro atoms. The summed E-state index contributed by atoms with van der Waals surface area (Å²) in [5.74, 6) is 0.520. The molecule has 6 nitrogen and oxygen atoms in total. The zero-order valence-corrected chi connectivity index (χ0v) is 18.5. The van der Waals surface area contributed by atoms with E-state index in [1.54, 1.807) is 4.31 Å². The third kappa shape index (κ3) is 4.58. The monoisotopic (exact) mass is 426 g/mol. The van der Waals surface area contributed by atoms with Crippen molar-refractivity contribution < 1.29 is 8.42 Å². The van der Waals surface area contributed by atoms with Crippen molar-refractivity contribution in [2.45, 2.75) is 39.7 Å². The highest BCUT2D eigenvalue weighted by atomic mass is 32.2. The number of rotatable bonds is 8. The van der Waals surface area contributed by atoms with E-state index in [-0.39, 0.29) is 0 Å². The van der Waals surface area contributed by atoms with Crippen LogP contribution in [0.4, 0.5) is 0 Å². The lowest BCUT2D eigenvalue weighted by molar-refractivity contribution is 0.465. The maximum Gasteiger partial charge on any atom is 0.279 e. The van der Waals surface area contributed by atoms with Gasteiger partial charge in [-0.2, -0.15) is 12.7 Å². The molecular weight excluding hydrogens is 396 g/mol. The molecule has 2 aromatic heterocycles. The van der Waals surface area contributed by atoms with Gasteiger partial charge in [-0.3, -0.25) is 4.98 Å². The molecule has 0 aliphatic carbocycles. The molecule has 30 heavy (non-hydrogen) atoms. The van der Waals surface area contributed by atoms with Crippen LogP contribution in [-0.4, -0.2) is 41.9 Å². The van der Waals surface area contributed by atoms with Gasteiger partial charge in [-0.25, -0.2) is 4.72 Å². The molecule has 1 saturated heterocycles. The van der Waals surface area contributed by atoms with Crippen molar-refractivity contribution in [3.05, 3.63) is 54.5 Å². The Morgan fingerprint density at radius 3 is 2.50 bits per heavy atom. The van der Waals surface area contributed by atoms with Crippen LogP contribution in [0.15, 0.2) is 48.9 Å². The van der Waals surface area contributed by atoms with Crippen LogP contribution in [0, 0.1) is 5.92 Å². The molecule has 160 valence electrons. The molecule has 0 radical (unpaired) electrons. The van der Waals surface area contributed by atoms with Crippen molar-refractivity contribution in [1.29, 1.82) is 0 Å². The fourth-order valence-corrected chi connectivity index (χ4v) is 5.45. The summed E-state index contributed by atoms with van der Waals surface area (Å²) in [7, 11) is -3.37. The van der Waals surface area contributed by atoms with E-state index in [1.807, 2.05) is 24.5 Å². The molecular formula is C23H30N4O2S. The van der Waals surface area contributed by atoms with Crippen molar-refractivity contribution in [3.63, 3.8) is 0 Å². The van der Waals surface area contributed by atoms with E-state index in [1.165, 1.54) is 16.5 Å². The van der Waals surface area contributed by atoms with Crippen molar-refractivity contribution in [2.75, 3.05) is 19.6 Å². The predicted octanol–water partition coefficient (Wildman–Crippen LogP) is 3.83. The molecule has 0 atom stereocenters. The fraction of sp³-hybridized carbons (Fsp3) is 0.435. The minimum Gasteiger partial charge on any atom is -0.347 e. The van der Waals surface area contributed by atoms with Crippen molar-refractivity contribution >= 4 is 21.1 Å². The highest BCUT2D eigenvalue weighted by Gasteiger charge is 2.24. The molecule has 1 aromatic carbocycles. The van der Waals surface area contributed by atoms with Crippen molar-refractivity contribution in [1.82, 2.24) is 18.6 Å². The summed E-state index contributed by atoms with van der Waals surface area (Å²) >= 11 is 0. The SMILES string of the molecule is CC(C)Cn1cc(CCNS(=O)(=O)N2CCCC2)c2ccc(-c3ccncc3)cc21. The summed E-state index contributed by atoms with van der Waals surface area (Å²) in [6.07, 6.45) is 8.37. The maximum atomic E-state index is 12.4. The number of nitrogens with one attached hydrogen (secondary N) is 1. The summed E-state index contributed by atoms with van der Waals surface area (Å²) in [4.78, 5) is 4.11. The van der Waals surface area contributed by atoms with Gasteiger partial charge in [0.2, 0.25) is 0 Å². The number of aromatic nitrogens is 2. The van der Waals surface area contributed by atoms with Crippen LogP contribution in [0.5, 0.6) is 0 Å². The van der Waals surface area contributed by atoms with Gasteiger partial charge < -0.3 is 4.57 Å². The van der Waals surface area contributed by atoms with E-state index in [9.17, 15) is 8.42 Å². The predicted molar refractivity (Wildman–Crippen MR) is 121 cm³/mol. The highest BCUT2D eigenvalue weighted by Crippen LogP contribution is 2.28. The number of nitrogens with zero attached hydrogens (tertiary/aromatic N) is 3. The lowest BCUT2D eigenvalue weighted by atomic mass is 10.0. The average Bonchev–Trinajstić information content (AvgIpc) is 3.38. The molecule has 3 heterocycles. The molecule has 1 N–H and O–H groups in total. The Morgan fingerprint density at radius 1 is 1.07 bits per heavy atom. The van der Waals surface area contributed by atoms with Gasteiger partial charge in [-0.15, -0.1) is 0 Å². The lowest BCUT2D eigenvalue weighted by Gasteiger charge is -2.15. The summed E-state index contributed by atoms with van der Waals surface area (Å²) in [5.41, 5.74) is 4.67. The van der Waals surface area contributed by atoms with Crippen LogP contribution < -0.4 is 4.72 Å². The van der Waals surface area contributed by atoms with Gasteiger partial charge in [0.1, 0.15) is 0 Å². The Bertz CT molecular complexity index is 1100. The lowest BCUT2D eigenvalue weighted by Crippen LogP contribution is -2.39. The summed E-state index contributed by atoms with van der Waals surface area (Å²) in [5, 5.41) is 1.19. The second-order valence-electron chi connectivity index (χ2n) is 8.42. The Morgan fingerprint density at radius 2 is 1.80 bits per heavy atom. The number of hydrogen-bond acceptors (Lipinski definition) is 3. The van der Waals surface area contributed by atoms with E-state index in [0.717, 1.165) is 30.5 Å². The second kappa shape index (κ2) is 8.88. The van der Waals surface area contributed by atoms with E-state index >= 15 is 0 Å². The van der Waals surface area contributed by atoms with E-state index in [0.29, 0.717) is 32.0 Å². The van der Waals surface area contributed by atoms with Crippen LogP contribution in [-0.2, 0) is 23.2 Å². The topological polar surface area (TPSA) is 67.2 Å². The van der Waals surface area contributed by atoms with Crippen LogP contribution in [0.3, 0.4) is 0 Å². The molecule has 4 rings (SSSR count). The maximum absolute atomic E-state index is 12.4. The van der Waals surface area contributed by atoms with Gasteiger partial charge in [-0.1, -0.05) is 26.0 Å². The molecule has 0 saturated carbocycles. The summed E-state index contributed by atoms with van der Waals surface area (Å²) < 4.78 is 31.5. The van der Waals surface area contributed by atoms with Crippen molar-refractivity contribution in [2.24, 2.45) is 5.92 Å². The van der Waals surface area contributed by atoms with E-state index in [2.05, 4.69) is 52.5 Å². The van der Waals surface area contributed by atoms with Crippen LogP contribution >= 0.6 is 0 Å². The first-order chi connectivity index (χ1) is 14.4. The Labute approximate surface area is 179 Å². The second-order valence-corrected chi connectivity index (χ2v) is 10.2. The molecule has 1 aliphatic heterocycles. The molecule has 0 bridgehead atoms. The molecule has 0 amide bonds. The van der Waals surface area contributed by atoms with Gasteiger partial charge in [0.25, 0.3) is 10.2 Å². The van der Waals surface area contributed by atoms with Gasteiger partial charge in [0, 0.05) is 55.7 Å². The van der Waals surface area contributed by atoms with Crippen molar-refractivity contribution in [3.8, 4) is 11.1 Å². The first-order valence-corrected chi connectivity index (χ1v) is 12.1. The quantitative estimate of drug-likeness (QED) is 0.595. The van der Waals surface area contributed by atoms with Crippen LogP contribution in [0.1, 0.15) is 32.3 Å². The van der Waals surface area contributed by atoms with Gasteiger partial charge >= 0.3 is 0 Å². The first-order valence-electron chi connectivity index (χ1n) is 10.7. The number of fused-ring (bicyclic) bond motifs is 1. The van der Waals surface area contributed by atoms with E-state index < -0.39 is 10.2 Å². The number of benzene rings is 1. The molecule has 1 fully saturated rings. The first kappa shape index (κ1) is 21.0.